The van der Waals surface area contributed by atoms with Crippen molar-refractivity contribution in [2.45, 2.75) is 0 Å². The molecule has 0 heterocycles. The van der Waals surface area contributed by atoms with Crippen LogP contribution in [0, 0.1) is 36.4 Å². The fourth-order valence-corrected chi connectivity index (χ4v) is 2.05. The summed E-state index contributed by atoms with van der Waals surface area (Å²) in [5.41, 5.74) is 0. The molecule has 4 nitrogen and oxygen atoms in total. The summed E-state index contributed by atoms with van der Waals surface area (Å²) >= 11 is 0. The van der Waals surface area contributed by atoms with Crippen LogP contribution in [0.15, 0.2) is 182 Å². The third-order valence-electron chi connectivity index (χ3n) is 3.64. The van der Waals surface area contributed by atoms with Crippen LogP contribution in [0.5, 0.6) is 0 Å². The normalized spacial score (nSPS) is 7.69. The second-order valence-electron chi connectivity index (χ2n) is 6.91. The number of hydrogen-bond acceptors (Lipinski definition) is 2. The molecule has 0 aliphatic carbocycles. The molecule has 0 spiro atoms. The minimum atomic E-state index is -4.67. The van der Waals surface area contributed by atoms with Crippen LogP contribution in [-0.2, 0) is 51.2 Å². The van der Waals surface area contributed by atoms with Crippen molar-refractivity contribution in [1.82, 2.24) is 0 Å². The van der Waals surface area contributed by atoms with E-state index in [1.165, 1.54) is 0 Å². The Morgan fingerprint density at radius 2 is 0.378 bits per heavy atom. The predicted octanol–water partition coefficient (Wildman–Crippen LogP) is 8.38. The monoisotopic (exact) mass is 840 g/mol. The van der Waals surface area contributed by atoms with E-state index in [9.17, 15) is 0 Å². The Kier molecular flexibility index (Phi) is 50.2. The summed E-state index contributed by atoms with van der Waals surface area (Å²) in [5, 5.41) is 0. The van der Waals surface area contributed by atoms with Crippen LogP contribution in [0.1, 0.15) is 0 Å². The van der Waals surface area contributed by atoms with Gasteiger partial charge in [-0.25, -0.2) is 0 Å². The molecule has 6 rings (SSSR count). The summed E-state index contributed by atoms with van der Waals surface area (Å²) in [7, 11) is -4.67. The third-order valence-corrected chi connectivity index (χ3v) is 3.64. The Labute approximate surface area is 304 Å². The van der Waals surface area contributed by atoms with E-state index in [1.807, 2.05) is 182 Å². The molecule has 0 aliphatic heterocycles. The van der Waals surface area contributed by atoms with Gasteiger partial charge in [0.1, 0.15) is 0 Å². The van der Waals surface area contributed by atoms with E-state index in [1.54, 1.807) is 0 Å². The second-order valence-corrected chi connectivity index (χ2v) is 7.81. The van der Waals surface area contributed by atoms with Crippen molar-refractivity contribution in [3.8, 4) is 0 Å². The van der Waals surface area contributed by atoms with Crippen molar-refractivity contribution in [2.75, 3.05) is 0 Å². The largest absolute Gasteiger partial charge is 0.394 e. The summed E-state index contributed by atoms with van der Waals surface area (Å²) in [6.07, 6.45) is 0. The minimum absolute atomic E-state index is 0. The smallest absolute Gasteiger partial charge is 0.264 e. The summed E-state index contributed by atoms with van der Waals surface area (Å²) in [4.78, 5) is 0. The third kappa shape index (κ3) is 57.6. The molecule has 0 bridgehead atoms. The van der Waals surface area contributed by atoms with Crippen LogP contribution in [0.2, 0.25) is 0 Å². The van der Waals surface area contributed by atoms with Crippen LogP contribution in [0.4, 0.5) is 0 Å². The van der Waals surface area contributed by atoms with Crippen molar-refractivity contribution in [2.24, 2.45) is 0 Å². The van der Waals surface area contributed by atoms with Gasteiger partial charge in [0.05, 0.1) is 0 Å². The summed E-state index contributed by atoms with van der Waals surface area (Å²) in [6.45, 7) is 0. The van der Waals surface area contributed by atoms with Gasteiger partial charge in [-0.1, -0.05) is 0 Å². The summed E-state index contributed by atoms with van der Waals surface area (Å²) in [5.74, 6) is 0. The van der Waals surface area contributed by atoms with E-state index in [0.29, 0.717) is 0 Å². The number of benzene rings is 6. The maximum absolute atomic E-state index is 8.74. The zero-order valence-electron chi connectivity index (χ0n) is 24.5. The number of hydrogen-bond donors (Lipinski definition) is 2. The molecule has 0 saturated carbocycles. The molecular formula is C36H38O4P2Pd2S-6. The van der Waals surface area contributed by atoms with E-state index in [0.717, 1.165) is 0 Å². The first kappa shape index (κ1) is 51.9. The Morgan fingerprint density at radius 3 is 0.400 bits per heavy atom. The molecule has 0 aromatic heterocycles. The molecule has 0 amide bonds. The van der Waals surface area contributed by atoms with Crippen molar-refractivity contribution in [3.05, 3.63) is 218 Å². The molecular weight excluding hydrogens is 803 g/mol. The van der Waals surface area contributed by atoms with E-state index < -0.39 is 10.4 Å². The molecule has 0 aliphatic rings. The molecule has 0 saturated heterocycles. The van der Waals surface area contributed by atoms with Crippen molar-refractivity contribution < 1.29 is 58.4 Å². The Balaban J connectivity index is -0.000000136. The van der Waals surface area contributed by atoms with Gasteiger partial charge in [0.25, 0.3) is 0 Å². The van der Waals surface area contributed by atoms with Gasteiger partial charge in [-0.15, -0.1) is 0 Å². The Hall–Kier alpha value is -2.63. The second kappa shape index (κ2) is 43.5. The molecule has 0 radical (unpaired) electrons. The van der Waals surface area contributed by atoms with Crippen LogP contribution >= 0.6 is 19.8 Å². The number of rotatable bonds is 0. The van der Waals surface area contributed by atoms with Gasteiger partial charge in [-0.05, 0) is 0 Å². The van der Waals surface area contributed by atoms with E-state index >= 15 is 0 Å². The van der Waals surface area contributed by atoms with E-state index in [2.05, 4.69) is 36.4 Å². The molecule has 2 N–H and O–H groups in total. The van der Waals surface area contributed by atoms with Gasteiger partial charge in [0, 0.05) is 40.8 Å². The zero-order valence-corrected chi connectivity index (χ0v) is 31.2. The van der Waals surface area contributed by atoms with Gasteiger partial charge in [-0.3, -0.25) is 9.11 Å². The molecule has 2 atom stereocenters. The van der Waals surface area contributed by atoms with Crippen molar-refractivity contribution >= 4 is 30.2 Å². The van der Waals surface area contributed by atoms with Crippen LogP contribution in [-0.4, -0.2) is 17.5 Å². The van der Waals surface area contributed by atoms with Gasteiger partial charge < -0.3 is 0 Å². The van der Waals surface area contributed by atoms with Gasteiger partial charge in [0.2, 0.25) is 0 Å². The summed E-state index contributed by atoms with van der Waals surface area (Å²) < 4.78 is 31.6. The predicted molar refractivity (Wildman–Crippen MR) is 188 cm³/mol. The van der Waals surface area contributed by atoms with Gasteiger partial charge in [-0.2, -0.15) is 247 Å². The molecule has 248 valence electrons. The van der Waals surface area contributed by atoms with Crippen LogP contribution in [0.25, 0.3) is 0 Å². The molecule has 45 heavy (non-hydrogen) atoms. The zero-order chi connectivity index (χ0) is 30.0. The quantitative estimate of drug-likeness (QED) is 0.0698. The fourth-order valence-electron chi connectivity index (χ4n) is 2.05. The molecule has 2 unspecified atom stereocenters. The van der Waals surface area contributed by atoms with Gasteiger partial charge >= 0.3 is 10.4 Å². The maximum atomic E-state index is 8.74. The first-order valence-electron chi connectivity index (χ1n) is 12.2. The van der Waals surface area contributed by atoms with Crippen molar-refractivity contribution in [1.29, 1.82) is 0 Å². The van der Waals surface area contributed by atoms with Gasteiger partial charge in [0.15, 0.2) is 0 Å². The fraction of sp³-hybridized carbons (Fsp3) is 0. The molecule has 6 aromatic carbocycles. The molecule has 0 fully saturated rings. The molecule has 9 heteroatoms. The average Bonchev–Trinajstić information content (AvgIpc) is 3.07. The van der Waals surface area contributed by atoms with Crippen LogP contribution in [0.3, 0.4) is 0 Å². The minimum Gasteiger partial charge on any atom is -0.264 e. The Morgan fingerprint density at radius 1 is 0.289 bits per heavy atom. The summed E-state index contributed by atoms with van der Waals surface area (Å²) in [6, 6.07) is 75.0. The van der Waals surface area contributed by atoms with E-state index in [-0.39, 0.29) is 60.6 Å². The topological polar surface area (TPSA) is 74.6 Å². The average molecular weight is 842 g/mol. The first-order valence-corrected chi connectivity index (χ1v) is 13.6. The first-order chi connectivity index (χ1) is 20.0. The molecule has 6 aromatic rings. The standard InChI is InChI=1S/6C6H5.H2O4S.2H3P.2Pd/c6*1-2-4-6-5-3-1;1-5(2,3)4;;;;/h6*1-5H;(H2,1,2,3,4);2*1H3;;/q6*-1;;;;;. The van der Waals surface area contributed by atoms with E-state index in [4.69, 9.17) is 17.5 Å². The Bertz CT molecular complexity index is 934. The maximum Gasteiger partial charge on any atom is 0.394 e. The van der Waals surface area contributed by atoms with Crippen LogP contribution < -0.4 is 0 Å². The van der Waals surface area contributed by atoms with Crippen molar-refractivity contribution in [3.63, 3.8) is 0 Å². The SMILES string of the molecule is O=S(=O)(O)O.P.P.[Pd].[Pd].[c-]1ccccc1.[c-]1ccccc1.[c-]1ccccc1.[c-]1ccccc1.[c-]1ccccc1.[c-]1ccccc1.